The second-order valence-corrected chi connectivity index (χ2v) is 7.05. The molecule has 0 radical (unpaired) electrons. The van der Waals surface area contributed by atoms with E-state index in [1.807, 2.05) is 91.0 Å². The number of benzene rings is 3. The van der Waals surface area contributed by atoms with Gasteiger partial charge in [-0.05, 0) is 48.5 Å². The summed E-state index contributed by atoms with van der Waals surface area (Å²) >= 11 is 0. The lowest BCUT2D eigenvalue weighted by Crippen LogP contribution is -2.02. The van der Waals surface area contributed by atoms with Crippen molar-refractivity contribution >= 4 is 28.2 Å². The summed E-state index contributed by atoms with van der Waals surface area (Å²) in [5.74, 6) is 1.33. The quantitative estimate of drug-likeness (QED) is 0.384. The van der Waals surface area contributed by atoms with Crippen LogP contribution >= 0.6 is 0 Å². The first-order valence-electron chi connectivity index (χ1n) is 9.92. The Hall–Kier alpha value is -4.38. The Labute approximate surface area is 179 Å². The van der Waals surface area contributed by atoms with Crippen molar-refractivity contribution in [3.05, 3.63) is 115 Å². The van der Waals surface area contributed by atoms with E-state index in [0.29, 0.717) is 22.8 Å². The summed E-state index contributed by atoms with van der Waals surface area (Å²) in [4.78, 5) is 26.2. The number of pyridine rings is 1. The number of hydrogen-bond acceptors (Lipinski definition) is 5. The van der Waals surface area contributed by atoms with Crippen molar-refractivity contribution in [1.82, 2.24) is 15.0 Å². The molecule has 0 aliphatic heterocycles. The standard InChI is InChI=1S/C26H18N4O/c31-24(18-6-2-1-3-7-18)19-10-12-21(13-11-19)28-26-22-8-4-5-9-23(22)29-25(30-26)20-14-16-27-17-15-20/h1-17H,(H,28,29,30). The molecule has 0 bridgehead atoms. The van der Waals surface area contributed by atoms with E-state index in [1.54, 1.807) is 12.4 Å². The summed E-state index contributed by atoms with van der Waals surface area (Å²) in [5.41, 5.74) is 3.90. The summed E-state index contributed by atoms with van der Waals surface area (Å²) in [6, 6.07) is 28.3. The van der Waals surface area contributed by atoms with Gasteiger partial charge in [0.05, 0.1) is 5.52 Å². The molecule has 0 spiro atoms. The third-order valence-electron chi connectivity index (χ3n) is 4.99. The number of nitrogens with zero attached hydrogens (tertiary/aromatic N) is 3. The molecule has 31 heavy (non-hydrogen) atoms. The Balaban J connectivity index is 1.48. The predicted molar refractivity (Wildman–Crippen MR) is 122 cm³/mol. The molecule has 5 nitrogen and oxygen atoms in total. The number of rotatable bonds is 5. The van der Waals surface area contributed by atoms with E-state index in [9.17, 15) is 4.79 Å². The Morgan fingerprint density at radius 3 is 2.13 bits per heavy atom. The third kappa shape index (κ3) is 3.89. The molecule has 3 aromatic carbocycles. The van der Waals surface area contributed by atoms with E-state index in [0.717, 1.165) is 22.2 Å². The van der Waals surface area contributed by atoms with E-state index < -0.39 is 0 Å². The van der Waals surface area contributed by atoms with Crippen LogP contribution in [0.2, 0.25) is 0 Å². The number of nitrogens with one attached hydrogen (secondary N) is 1. The Kier molecular flexibility index (Phi) is 4.91. The fourth-order valence-electron chi connectivity index (χ4n) is 3.40. The highest BCUT2D eigenvalue weighted by Crippen LogP contribution is 2.27. The topological polar surface area (TPSA) is 67.8 Å². The van der Waals surface area contributed by atoms with Gasteiger partial charge in [-0.15, -0.1) is 0 Å². The SMILES string of the molecule is O=C(c1ccccc1)c1ccc(Nc2nc(-c3ccncc3)nc3ccccc23)cc1. The summed E-state index contributed by atoms with van der Waals surface area (Å²) in [6.45, 7) is 0. The lowest BCUT2D eigenvalue weighted by Gasteiger charge is -2.11. The number of carbonyl (C=O) groups excluding carboxylic acids is 1. The van der Waals surface area contributed by atoms with Gasteiger partial charge in [0.15, 0.2) is 11.6 Å². The van der Waals surface area contributed by atoms with Crippen molar-refractivity contribution in [1.29, 1.82) is 0 Å². The summed E-state index contributed by atoms with van der Waals surface area (Å²) < 4.78 is 0. The first-order chi connectivity index (χ1) is 15.3. The van der Waals surface area contributed by atoms with Gasteiger partial charge in [0.1, 0.15) is 5.82 Å². The smallest absolute Gasteiger partial charge is 0.193 e. The fourth-order valence-corrected chi connectivity index (χ4v) is 3.40. The molecule has 2 aromatic heterocycles. The summed E-state index contributed by atoms with van der Waals surface area (Å²) in [5, 5.41) is 4.31. The molecular formula is C26H18N4O. The molecular weight excluding hydrogens is 384 g/mol. The van der Waals surface area contributed by atoms with Gasteiger partial charge in [-0.25, -0.2) is 9.97 Å². The van der Waals surface area contributed by atoms with Crippen molar-refractivity contribution < 1.29 is 4.79 Å². The molecule has 0 amide bonds. The maximum atomic E-state index is 12.6. The van der Waals surface area contributed by atoms with Crippen LogP contribution in [0.15, 0.2) is 103 Å². The largest absolute Gasteiger partial charge is 0.340 e. The van der Waals surface area contributed by atoms with Crippen LogP contribution in [0.25, 0.3) is 22.3 Å². The maximum absolute atomic E-state index is 12.6. The first-order valence-corrected chi connectivity index (χ1v) is 9.92. The number of anilines is 2. The van der Waals surface area contributed by atoms with Gasteiger partial charge in [0.25, 0.3) is 0 Å². The Morgan fingerprint density at radius 1 is 0.677 bits per heavy atom. The highest BCUT2D eigenvalue weighted by molar-refractivity contribution is 6.09. The Morgan fingerprint density at radius 2 is 1.35 bits per heavy atom. The summed E-state index contributed by atoms with van der Waals surface area (Å²) in [6.07, 6.45) is 3.45. The molecule has 0 fully saturated rings. The zero-order chi connectivity index (χ0) is 21.0. The minimum Gasteiger partial charge on any atom is -0.340 e. The minimum absolute atomic E-state index is 0.000362. The molecule has 5 rings (SSSR count). The number of fused-ring (bicyclic) bond motifs is 1. The van der Waals surface area contributed by atoms with Gasteiger partial charge in [-0.2, -0.15) is 0 Å². The van der Waals surface area contributed by atoms with E-state index in [1.165, 1.54) is 0 Å². The zero-order valence-electron chi connectivity index (χ0n) is 16.6. The van der Waals surface area contributed by atoms with E-state index >= 15 is 0 Å². The van der Waals surface area contributed by atoms with E-state index in [2.05, 4.69) is 10.3 Å². The minimum atomic E-state index is -0.000362. The lowest BCUT2D eigenvalue weighted by molar-refractivity contribution is 0.103. The van der Waals surface area contributed by atoms with Crippen LogP contribution < -0.4 is 5.32 Å². The second kappa shape index (κ2) is 8.16. The van der Waals surface area contributed by atoms with Crippen LogP contribution in [0.1, 0.15) is 15.9 Å². The van der Waals surface area contributed by atoms with Crippen molar-refractivity contribution in [3.8, 4) is 11.4 Å². The molecule has 0 unspecified atom stereocenters. The number of para-hydroxylation sites is 1. The molecule has 0 aliphatic rings. The molecule has 0 saturated heterocycles. The predicted octanol–water partition coefficient (Wildman–Crippen LogP) is 5.67. The highest BCUT2D eigenvalue weighted by atomic mass is 16.1. The van der Waals surface area contributed by atoms with Crippen LogP contribution in [-0.4, -0.2) is 20.7 Å². The molecule has 0 saturated carbocycles. The molecule has 5 heteroatoms. The third-order valence-corrected chi connectivity index (χ3v) is 4.99. The van der Waals surface area contributed by atoms with Gasteiger partial charge >= 0.3 is 0 Å². The van der Waals surface area contributed by atoms with Gasteiger partial charge < -0.3 is 5.32 Å². The van der Waals surface area contributed by atoms with Crippen molar-refractivity contribution in [2.45, 2.75) is 0 Å². The summed E-state index contributed by atoms with van der Waals surface area (Å²) in [7, 11) is 0. The highest BCUT2D eigenvalue weighted by Gasteiger charge is 2.11. The van der Waals surface area contributed by atoms with Gasteiger partial charge in [-0.3, -0.25) is 9.78 Å². The monoisotopic (exact) mass is 402 g/mol. The number of ketones is 1. The molecule has 0 atom stereocenters. The van der Waals surface area contributed by atoms with Gasteiger partial charge in [-0.1, -0.05) is 42.5 Å². The average molecular weight is 402 g/mol. The number of carbonyl (C=O) groups is 1. The molecule has 5 aromatic rings. The van der Waals surface area contributed by atoms with E-state index in [4.69, 9.17) is 9.97 Å². The molecule has 1 N–H and O–H groups in total. The molecule has 148 valence electrons. The number of hydrogen-bond donors (Lipinski definition) is 1. The van der Waals surface area contributed by atoms with E-state index in [-0.39, 0.29) is 5.78 Å². The maximum Gasteiger partial charge on any atom is 0.193 e. The number of aromatic nitrogens is 3. The van der Waals surface area contributed by atoms with Crippen LogP contribution in [0, 0.1) is 0 Å². The van der Waals surface area contributed by atoms with Crippen molar-refractivity contribution in [2.24, 2.45) is 0 Å². The Bertz CT molecular complexity index is 1350. The molecule has 2 heterocycles. The second-order valence-electron chi connectivity index (χ2n) is 7.05. The normalized spacial score (nSPS) is 10.7. The van der Waals surface area contributed by atoms with Crippen molar-refractivity contribution in [2.75, 3.05) is 5.32 Å². The van der Waals surface area contributed by atoms with Gasteiger partial charge in [0, 0.05) is 40.2 Å². The first kappa shape index (κ1) is 18.6. The molecule has 0 aliphatic carbocycles. The van der Waals surface area contributed by atoms with Crippen LogP contribution in [0.4, 0.5) is 11.5 Å². The lowest BCUT2D eigenvalue weighted by atomic mass is 10.0. The van der Waals surface area contributed by atoms with Gasteiger partial charge in [0.2, 0.25) is 0 Å². The van der Waals surface area contributed by atoms with Crippen molar-refractivity contribution in [3.63, 3.8) is 0 Å². The fraction of sp³-hybridized carbons (Fsp3) is 0. The van der Waals surface area contributed by atoms with Crippen LogP contribution in [0.3, 0.4) is 0 Å². The van der Waals surface area contributed by atoms with Crippen LogP contribution in [-0.2, 0) is 0 Å². The average Bonchev–Trinajstić information content (AvgIpc) is 2.85. The van der Waals surface area contributed by atoms with Crippen LogP contribution in [0.5, 0.6) is 0 Å². The zero-order valence-corrected chi connectivity index (χ0v) is 16.6.